The zero-order valence-electron chi connectivity index (χ0n) is 11.5. The summed E-state index contributed by atoms with van der Waals surface area (Å²) in [7, 11) is 1.64. The predicted molar refractivity (Wildman–Crippen MR) is 73.2 cm³/mol. The van der Waals surface area contributed by atoms with Crippen molar-refractivity contribution in [3.63, 3.8) is 0 Å². The molecule has 0 saturated carbocycles. The zero-order valence-corrected chi connectivity index (χ0v) is 11.5. The van der Waals surface area contributed by atoms with Gasteiger partial charge in [0.15, 0.2) is 0 Å². The van der Waals surface area contributed by atoms with Crippen LogP contribution in [-0.2, 0) is 11.3 Å². The van der Waals surface area contributed by atoms with Crippen molar-refractivity contribution in [3.05, 3.63) is 35.1 Å². The Morgan fingerprint density at radius 3 is 3.05 bits per heavy atom. The van der Waals surface area contributed by atoms with E-state index in [1.807, 2.05) is 6.07 Å². The normalized spacial score (nSPS) is 19.4. The van der Waals surface area contributed by atoms with Gasteiger partial charge in [-0.2, -0.15) is 5.26 Å². The smallest absolute Gasteiger partial charge is 0.237 e. The SMILES string of the molecule is CNC(=O)C1CCCCN1Cc1ccc(F)c(C#N)c1. The molecule has 1 aliphatic rings. The first-order chi connectivity index (χ1) is 9.65. The number of nitrogens with one attached hydrogen (secondary N) is 1. The summed E-state index contributed by atoms with van der Waals surface area (Å²) in [6, 6.07) is 6.26. The van der Waals surface area contributed by atoms with Gasteiger partial charge in [-0.25, -0.2) is 4.39 Å². The number of likely N-dealkylation sites (tertiary alicyclic amines) is 1. The van der Waals surface area contributed by atoms with Crippen LogP contribution >= 0.6 is 0 Å². The van der Waals surface area contributed by atoms with Crippen LogP contribution in [0, 0.1) is 17.1 Å². The van der Waals surface area contributed by atoms with Crippen molar-refractivity contribution < 1.29 is 9.18 Å². The van der Waals surface area contributed by atoms with Crippen molar-refractivity contribution in [2.75, 3.05) is 13.6 Å². The first-order valence-electron chi connectivity index (χ1n) is 6.80. The summed E-state index contributed by atoms with van der Waals surface area (Å²) in [6.07, 6.45) is 2.94. The number of carbonyl (C=O) groups excluding carboxylic acids is 1. The summed E-state index contributed by atoms with van der Waals surface area (Å²) in [5.74, 6) is -0.481. The molecular weight excluding hydrogens is 257 g/mol. The van der Waals surface area contributed by atoms with E-state index < -0.39 is 5.82 Å². The molecule has 1 saturated heterocycles. The van der Waals surface area contributed by atoms with Crippen LogP contribution in [0.5, 0.6) is 0 Å². The Kier molecular flexibility index (Phi) is 4.70. The molecular formula is C15H18FN3O. The lowest BCUT2D eigenvalue weighted by Gasteiger charge is -2.34. The highest BCUT2D eigenvalue weighted by atomic mass is 19.1. The lowest BCUT2D eigenvalue weighted by Crippen LogP contribution is -2.48. The number of carbonyl (C=O) groups is 1. The van der Waals surface area contributed by atoms with E-state index in [-0.39, 0.29) is 17.5 Å². The van der Waals surface area contributed by atoms with Crippen molar-refractivity contribution in [1.82, 2.24) is 10.2 Å². The third kappa shape index (κ3) is 3.14. The lowest BCUT2D eigenvalue weighted by molar-refractivity contribution is -0.127. The molecule has 1 heterocycles. The molecule has 1 unspecified atom stereocenters. The van der Waals surface area contributed by atoms with Gasteiger partial charge in [-0.05, 0) is 37.1 Å². The lowest BCUT2D eigenvalue weighted by atomic mass is 10.00. The number of halogens is 1. The molecule has 5 heteroatoms. The van der Waals surface area contributed by atoms with Crippen molar-refractivity contribution in [2.24, 2.45) is 0 Å². The minimum atomic E-state index is -0.502. The maximum Gasteiger partial charge on any atom is 0.237 e. The van der Waals surface area contributed by atoms with Crippen molar-refractivity contribution in [1.29, 1.82) is 5.26 Å². The van der Waals surface area contributed by atoms with Gasteiger partial charge in [0.05, 0.1) is 11.6 Å². The third-order valence-electron chi connectivity index (χ3n) is 3.70. The highest BCUT2D eigenvalue weighted by molar-refractivity contribution is 5.81. The van der Waals surface area contributed by atoms with Crippen LogP contribution in [0.4, 0.5) is 4.39 Å². The van der Waals surface area contributed by atoms with Gasteiger partial charge in [-0.3, -0.25) is 9.69 Å². The largest absolute Gasteiger partial charge is 0.358 e. The molecule has 0 aliphatic carbocycles. The minimum absolute atomic E-state index is 0.0207. The molecule has 2 rings (SSSR count). The van der Waals surface area contributed by atoms with Crippen LogP contribution in [0.1, 0.15) is 30.4 Å². The van der Waals surface area contributed by atoms with E-state index in [9.17, 15) is 9.18 Å². The summed E-state index contributed by atoms with van der Waals surface area (Å²) < 4.78 is 13.3. The Hall–Kier alpha value is -1.93. The van der Waals surface area contributed by atoms with E-state index in [4.69, 9.17) is 5.26 Å². The third-order valence-corrected chi connectivity index (χ3v) is 3.70. The molecule has 1 aromatic carbocycles. The number of benzene rings is 1. The molecule has 1 fully saturated rings. The number of piperidine rings is 1. The average molecular weight is 275 g/mol. The van der Waals surface area contributed by atoms with Gasteiger partial charge >= 0.3 is 0 Å². The molecule has 0 radical (unpaired) electrons. The van der Waals surface area contributed by atoms with Crippen LogP contribution in [0.25, 0.3) is 0 Å². The maximum absolute atomic E-state index is 13.3. The van der Waals surface area contributed by atoms with Crippen LogP contribution in [0.15, 0.2) is 18.2 Å². The highest BCUT2D eigenvalue weighted by Gasteiger charge is 2.27. The Morgan fingerprint density at radius 2 is 2.35 bits per heavy atom. The van der Waals surface area contributed by atoms with Gasteiger partial charge in [0.1, 0.15) is 11.9 Å². The number of hydrogen-bond acceptors (Lipinski definition) is 3. The summed E-state index contributed by atoms with van der Waals surface area (Å²) in [5.41, 5.74) is 0.912. The quantitative estimate of drug-likeness (QED) is 0.915. The van der Waals surface area contributed by atoms with E-state index in [1.54, 1.807) is 19.2 Å². The molecule has 0 bridgehead atoms. The average Bonchev–Trinajstić information content (AvgIpc) is 2.49. The minimum Gasteiger partial charge on any atom is -0.358 e. The van der Waals surface area contributed by atoms with Gasteiger partial charge in [0, 0.05) is 13.6 Å². The van der Waals surface area contributed by atoms with Crippen LogP contribution in [-0.4, -0.2) is 30.4 Å². The van der Waals surface area contributed by atoms with E-state index in [0.29, 0.717) is 6.54 Å². The Balaban J connectivity index is 2.15. The Labute approximate surface area is 118 Å². The van der Waals surface area contributed by atoms with Crippen molar-refractivity contribution >= 4 is 5.91 Å². The van der Waals surface area contributed by atoms with Crippen LogP contribution < -0.4 is 5.32 Å². The molecule has 0 spiro atoms. The summed E-state index contributed by atoms with van der Waals surface area (Å²) >= 11 is 0. The number of rotatable bonds is 3. The van der Waals surface area contributed by atoms with Gasteiger partial charge in [0.25, 0.3) is 0 Å². The second-order valence-electron chi connectivity index (χ2n) is 5.02. The molecule has 1 amide bonds. The van der Waals surface area contributed by atoms with E-state index in [2.05, 4.69) is 10.2 Å². The Morgan fingerprint density at radius 1 is 1.55 bits per heavy atom. The van der Waals surface area contributed by atoms with E-state index >= 15 is 0 Å². The summed E-state index contributed by atoms with van der Waals surface area (Å²) in [4.78, 5) is 14.0. The first kappa shape index (κ1) is 14.5. The second-order valence-corrected chi connectivity index (χ2v) is 5.02. The van der Waals surface area contributed by atoms with E-state index in [0.717, 1.165) is 31.4 Å². The van der Waals surface area contributed by atoms with Crippen LogP contribution in [0.2, 0.25) is 0 Å². The number of hydrogen-bond donors (Lipinski definition) is 1. The number of nitriles is 1. The van der Waals surface area contributed by atoms with Crippen LogP contribution in [0.3, 0.4) is 0 Å². The van der Waals surface area contributed by atoms with E-state index in [1.165, 1.54) is 6.07 Å². The molecule has 1 N–H and O–H groups in total. The fourth-order valence-electron chi connectivity index (χ4n) is 2.63. The molecule has 1 aliphatic heterocycles. The number of likely N-dealkylation sites (N-methyl/N-ethyl adjacent to an activating group) is 1. The molecule has 20 heavy (non-hydrogen) atoms. The topological polar surface area (TPSA) is 56.1 Å². The summed E-state index contributed by atoms with van der Waals surface area (Å²) in [6.45, 7) is 1.41. The van der Waals surface area contributed by atoms with Gasteiger partial charge in [-0.1, -0.05) is 12.5 Å². The second kappa shape index (κ2) is 6.49. The molecule has 4 nitrogen and oxygen atoms in total. The molecule has 1 atom stereocenters. The van der Waals surface area contributed by atoms with Gasteiger partial charge in [0.2, 0.25) is 5.91 Å². The Bertz CT molecular complexity index is 538. The van der Waals surface area contributed by atoms with Crippen molar-refractivity contribution in [3.8, 4) is 6.07 Å². The highest BCUT2D eigenvalue weighted by Crippen LogP contribution is 2.20. The predicted octanol–water partition coefficient (Wildman–Crippen LogP) is 1.80. The van der Waals surface area contributed by atoms with Crippen molar-refractivity contribution in [2.45, 2.75) is 31.8 Å². The molecule has 1 aromatic rings. The number of amides is 1. The standard InChI is InChI=1S/C15H18FN3O/c1-18-15(20)14-4-2-3-7-19(14)10-11-5-6-13(16)12(8-11)9-17/h5-6,8,14H,2-4,7,10H2,1H3,(H,18,20). The fraction of sp³-hybridized carbons (Fsp3) is 0.467. The number of nitrogens with zero attached hydrogens (tertiary/aromatic N) is 2. The maximum atomic E-state index is 13.3. The summed E-state index contributed by atoms with van der Waals surface area (Å²) in [5, 5.41) is 11.5. The zero-order chi connectivity index (χ0) is 14.5. The first-order valence-corrected chi connectivity index (χ1v) is 6.80. The molecule has 0 aromatic heterocycles. The molecule has 106 valence electrons. The monoisotopic (exact) mass is 275 g/mol. The van der Waals surface area contributed by atoms with Gasteiger partial charge in [-0.15, -0.1) is 0 Å². The van der Waals surface area contributed by atoms with Gasteiger partial charge < -0.3 is 5.32 Å². The fourth-order valence-corrected chi connectivity index (χ4v) is 2.63.